The lowest BCUT2D eigenvalue weighted by Gasteiger charge is -2.10. The van der Waals surface area contributed by atoms with E-state index in [1.807, 2.05) is 24.4 Å². The Morgan fingerprint density at radius 2 is 1.96 bits per heavy atom. The van der Waals surface area contributed by atoms with E-state index in [1.54, 1.807) is 18.5 Å². The standard InChI is InChI=1S/C20H17F2N5/c21-16-4-5-17(23)19(22)15(16)11-26-18-6-3-12(9-25-18)8-13-10-27-20-14(13)2-1-7-24-20/h1-7,9-10H,8,11,23H2,(H,24,27)(H,25,26). The fourth-order valence-corrected chi connectivity index (χ4v) is 2.97. The Morgan fingerprint density at radius 3 is 2.78 bits per heavy atom. The number of benzene rings is 1. The number of nitrogens with one attached hydrogen (secondary N) is 2. The number of anilines is 2. The van der Waals surface area contributed by atoms with Gasteiger partial charge in [0, 0.05) is 42.5 Å². The zero-order chi connectivity index (χ0) is 18.8. The van der Waals surface area contributed by atoms with Crippen LogP contribution in [-0.2, 0) is 13.0 Å². The summed E-state index contributed by atoms with van der Waals surface area (Å²) in [6.45, 7) is -0.0385. The third kappa shape index (κ3) is 3.44. The molecule has 136 valence electrons. The van der Waals surface area contributed by atoms with E-state index in [-0.39, 0.29) is 17.8 Å². The number of aromatic amines is 1. The summed E-state index contributed by atoms with van der Waals surface area (Å²) in [4.78, 5) is 11.8. The molecule has 0 spiro atoms. The van der Waals surface area contributed by atoms with E-state index >= 15 is 0 Å². The van der Waals surface area contributed by atoms with Crippen LogP contribution in [0, 0.1) is 11.6 Å². The van der Waals surface area contributed by atoms with Crippen LogP contribution >= 0.6 is 0 Å². The van der Waals surface area contributed by atoms with Gasteiger partial charge in [-0.3, -0.25) is 0 Å². The number of pyridine rings is 2. The first-order valence-corrected chi connectivity index (χ1v) is 8.44. The predicted octanol–water partition coefficient (Wildman–Crippen LogP) is 4.02. The summed E-state index contributed by atoms with van der Waals surface area (Å²) in [5.74, 6) is -0.855. The van der Waals surface area contributed by atoms with Crippen LogP contribution in [-0.4, -0.2) is 15.0 Å². The van der Waals surface area contributed by atoms with Gasteiger partial charge in [-0.2, -0.15) is 0 Å². The Balaban J connectivity index is 1.46. The van der Waals surface area contributed by atoms with Gasteiger partial charge in [0.25, 0.3) is 0 Å². The van der Waals surface area contributed by atoms with Gasteiger partial charge < -0.3 is 16.0 Å². The molecule has 3 aromatic heterocycles. The normalized spacial score (nSPS) is 11.0. The lowest BCUT2D eigenvalue weighted by atomic mass is 10.1. The van der Waals surface area contributed by atoms with Crippen LogP contribution in [0.3, 0.4) is 0 Å². The molecule has 0 atom stereocenters. The third-order valence-electron chi connectivity index (χ3n) is 4.42. The molecule has 4 N–H and O–H groups in total. The molecule has 5 nitrogen and oxygen atoms in total. The van der Waals surface area contributed by atoms with Gasteiger partial charge in [0.1, 0.15) is 17.3 Å². The molecule has 0 bridgehead atoms. The predicted molar refractivity (Wildman–Crippen MR) is 101 cm³/mol. The number of halogens is 2. The average Bonchev–Trinajstić information content (AvgIpc) is 3.09. The lowest BCUT2D eigenvalue weighted by Crippen LogP contribution is -2.07. The molecule has 0 saturated heterocycles. The second-order valence-corrected chi connectivity index (χ2v) is 6.22. The van der Waals surface area contributed by atoms with E-state index in [0.717, 1.165) is 28.2 Å². The summed E-state index contributed by atoms with van der Waals surface area (Å²) in [6.07, 6.45) is 6.13. The minimum absolute atomic E-state index is 0.0385. The van der Waals surface area contributed by atoms with Crippen molar-refractivity contribution in [2.75, 3.05) is 11.1 Å². The van der Waals surface area contributed by atoms with Crippen molar-refractivity contribution in [1.29, 1.82) is 0 Å². The van der Waals surface area contributed by atoms with Gasteiger partial charge in [-0.25, -0.2) is 18.7 Å². The molecule has 0 aliphatic heterocycles. The Labute approximate surface area is 154 Å². The van der Waals surface area contributed by atoms with Gasteiger partial charge in [0.15, 0.2) is 5.82 Å². The average molecular weight is 365 g/mol. The quantitative estimate of drug-likeness (QED) is 0.467. The maximum Gasteiger partial charge on any atom is 0.153 e. The highest BCUT2D eigenvalue weighted by atomic mass is 19.1. The number of nitrogens with two attached hydrogens (primary N) is 1. The van der Waals surface area contributed by atoms with Crippen LogP contribution in [0.25, 0.3) is 11.0 Å². The van der Waals surface area contributed by atoms with Crippen molar-refractivity contribution in [2.45, 2.75) is 13.0 Å². The Morgan fingerprint density at radius 1 is 1.07 bits per heavy atom. The number of hydrogen-bond donors (Lipinski definition) is 3. The van der Waals surface area contributed by atoms with Crippen LogP contribution in [0.15, 0.2) is 55.0 Å². The van der Waals surface area contributed by atoms with Crippen LogP contribution in [0.1, 0.15) is 16.7 Å². The number of nitrogens with zero attached hydrogens (tertiary/aromatic N) is 2. The zero-order valence-corrected chi connectivity index (χ0v) is 14.3. The molecule has 3 heterocycles. The lowest BCUT2D eigenvalue weighted by molar-refractivity contribution is 0.563. The Bertz CT molecular complexity index is 1090. The maximum atomic E-state index is 13.9. The fraction of sp³-hybridized carbons (Fsp3) is 0.100. The molecule has 4 rings (SSSR count). The SMILES string of the molecule is Nc1ccc(F)c(CNc2ccc(Cc3c[nH]c4ncccc34)cn2)c1F. The van der Waals surface area contributed by atoms with E-state index in [1.165, 1.54) is 6.07 Å². The minimum atomic E-state index is -0.743. The monoisotopic (exact) mass is 365 g/mol. The highest BCUT2D eigenvalue weighted by molar-refractivity contribution is 5.79. The first kappa shape index (κ1) is 17.0. The molecule has 1 aromatic carbocycles. The summed E-state index contributed by atoms with van der Waals surface area (Å²) < 4.78 is 27.7. The van der Waals surface area contributed by atoms with Crippen molar-refractivity contribution in [2.24, 2.45) is 0 Å². The molecule has 27 heavy (non-hydrogen) atoms. The molecule has 0 amide bonds. The molecule has 7 heteroatoms. The van der Waals surface area contributed by atoms with Gasteiger partial charge >= 0.3 is 0 Å². The van der Waals surface area contributed by atoms with Crippen LogP contribution in [0.4, 0.5) is 20.3 Å². The molecule has 0 aliphatic carbocycles. The summed E-state index contributed by atoms with van der Waals surface area (Å²) in [6, 6.07) is 10.00. The van der Waals surface area contributed by atoms with Crippen LogP contribution < -0.4 is 11.1 Å². The van der Waals surface area contributed by atoms with E-state index in [4.69, 9.17) is 5.73 Å². The number of nitrogen functional groups attached to an aromatic ring is 1. The molecule has 0 radical (unpaired) electrons. The summed E-state index contributed by atoms with van der Waals surface area (Å²) in [5, 5.41) is 4.00. The summed E-state index contributed by atoms with van der Waals surface area (Å²) >= 11 is 0. The number of rotatable bonds is 5. The van der Waals surface area contributed by atoms with E-state index in [0.29, 0.717) is 12.2 Å². The highest BCUT2D eigenvalue weighted by Gasteiger charge is 2.12. The zero-order valence-electron chi connectivity index (χ0n) is 14.3. The molecule has 0 aliphatic rings. The van der Waals surface area contributed by atoms with Gasteiger partial charge in [0.05, 0.1) is 5.69 Å². The van der Waals surface area contributed by atoms with E-state index < -0.39 is 11.6 Å². The van der Waals surface area contributed by atoms with E-state index in [2.05, 4.69) is 20.3 Å². The molecule has 0 fully saturated rings. The Hall–Kier alpha value is -3.48. The largest absolute Gasteiger partial charge is 0.396 e. The topological polar surface area (TPSA) is 79.6 Å². The highest BCUT2D eigenvalue weighted by Crippen LogP contribution is 2.21. The van der Waals surface area contributed by atoms with Crippen molar-refractivity contribution in [3.05, 3.63) is 83.3 Å². The number of fused-ring (bicyclic) bond motifs is 1. The first-order valence-electron chi connectivity index (χ1n) is 8.44. The summed E-state index contributed by atoms with van der Waals surface area (Å²) in [7, 11) is 0. The second-order valence-electron chi connectivity index (χ2n) is 6.22. The van der Waals surface area contributed by atoms with Crippen molar-refractivity contribution in [3.8, 4) is 0 Å². The van der Waals surface area contributed by atoms with Gasteiger partial charge in [-0.15, -0.1) is 0 Å². The molecule has 4 aromatic rings. The van der Waals surface area contributed by atoms with Crippen molar-refractivity contribution in [3.63, 3.8) is 0 Å². The van der Waals surface area contributed by atoms with Crippen LogP contribution in [0.2, 0.25) is 0 Å². The minimum Gasteiger partial charge on any atom is -0.396 e. The smallest absolute Gasteiger partial charge is 0.153 e. The second kappa shape index (κ2) is 7.03. The number of hydrogen-bond acceptors (Lipinski definition) is 4. The summed E-state index contributed by atoms with van der Waals surface area (Å²) in [5.41, 5.74) is 8.31. The van der Waals surface area contributed by atoms with Gasteiger partial charge in [-0.05, 0) is 41.5 Å². The van der Waals surface area contributed by atoms with Crippen molar-refractivity contribution < 1.29 is 8.78 Å². The number of H-pyrrole nitrogens is 1. The molecular formula is C20H17F2N5. The maximum absolute atomic E-state index is 13.9. The molecule has 0 saturated carbocycles. The molecular weight excluding hydrogens is 348 g/mol. The Kier molecular flexibility index (Phi) is 4.42. The van der Waals surface area contributed by atoms with Crippen LogP contribution in [0.5, 0.6) is 0 Å². The van der Waals surface area contributed by atoms with Gasteiger partial charge in [-0.1, -0.05) is 6.07 Å². The van der Waals surface area contributed by atoms with E-state index in [9.17, 15) is 8.78 Å². The van der Waals surface area contributed by atoms with Crippen molar-refractivity contribution >= 4 is 22.5 Å². The van der Waals surface area contributed by atoms with Crippen molar-refractivity contribution in [1.82, 2.24) is 15.0 Å². The first-order chi connectivity index (χ1) is 13.1. The fourth-order valence-electron chi connectivity index (χ4n) is 2.97. The third-order valence-corrected chi connectivity index (χ3v) is 4.42. The van der Waals surface area contributed by atoms with Gasteiger partial charge in [0.2, 0.25) is 0 Å². The number of aromatic nitrogens is 3. The molecule has 0 unspecified atom stereocenters.